The van der Waals surface area contributed by atoms with Crippen molar-refractivity contribution < 1.29 is 0 Å². The van der Waals surface area contributed by atoms with Crippen molar-refractivity contribution in [3.05, 3.63) is 113 Å². The van der Waals surface area contributed by atoms with Gasteiger partial charge in [-0.05, 0) is 54.6 Å². The summed E-state index contributed by atoms with van der Waals surface area (Å²) in [5.74, 6) is 0.604. The maximum atomic E-state index is 4.84. The second kappa shape index (κ2) is 9.79. The molecule has 0 fully saturated rings. The first-order chi connectivity index (χ1) is 18.2. The number of hydrazone groups is 1. The van der Waals surface area contributed by atoms with Crippen LogP contribution in [0.2, 0.25) is 0 Å². The molecule has 3 aromatic heterocycles. The Labute approximate surface area is 219 Å². The van der Waals surface area contributed by atoms with E-state index in [1.54, 1.807) is 17.6 Å². The van der Waals surface area contributed by atoms with Gasteiger partial charge in [0.25, 0.3) is 0 Å². The van der Waals surface area contributed by atoms with Crippen molar-refractivity contribution >= 4 is 34.1 Å². The lowest BCUT2D eigenvalue weighted by Crippen LogP contribution is -1.99. The van der Waals surface area contributed by atoms with Gasteiger partial charge >= 0.3 is 0 Å². The van der Waals surface area contributed by atoms with Gasteiger partial charge in [0.05, 0.1) is 16.8 Å². The molecule has 3 heterocycles. The quantitative estimate of drug-likeness (QED) is 0.193. The van der Waals surface area contributed by atoms with E-state index in [1.165, 1.54) is 11.1 Å². The molecule has 180 valence electrons. The number of anilines is 1. The number of aromatic nitrogens is 4. The molecule has 0 saturated carbocycles. The van der Waals surface area contributed by atoms with Crippen LogP contribution in [0.1, 0.15) is 16.7 Å². The van der Waals surface area contributed by atoms with Gasteiger partial charge in [0.15, 0.2) is 5.82 Å². The van der Waals surface area contributed by atoms with Crippen molar-refractivity contribution in [2.75, 3.05) is 5.43 Å². The molecule has 0 aliphatic rings. The van der Waals surface area contributed by atoms with Crippen molar-refractivity contribution in [1.29, 1.82) is 0 Å². The molecule has 0 unspecified atom stereocenters. The number of rotatable bonds is 6. The maximum Gasteiger partial charge on any atom is 0.176 e. The molecular formula is C30H24N6S. The van der Waals surface area contributed by atoms with E-state index in [-0.39, 0.29) is 0 Å². The molecule has 6 aromatic rings. The van der Waals surface area contributed by atoms with Crippen molar-refractivity contribution in [2.45, 2.75) is 13.8 Å². The third kappa shape index (κ3) is 4.52. The van der Waals surface area contributed by atoms with E-state index < -0.39 is 0 Å². The van der Waals surface area contributed by atoms with Gasteiger partial charge < -0.3 is 0 Å². The summed E-state index contributed by atoms with van der Waals surface area (Å²) in [6.45, 7) is 4.23. The summed E-state index contributed by atoms with van der Waals surface area (Å²) in [5, 5.41) is 22.5. The van der Waals surface area contributed by atoms with E-state index in [2.05, 4.69) is 70.3 Å². The van der Waals surface area contributed by atoms with Gasteiger partial charge in [0.1, 0.15) is 11.4 Å². The molecular weight excluding hydrogens is 476 g/mol. The Morgan fingerprint density at radius 1 is 0.811 bits per heavy atom. The van der Waals surface area contributed by atoms with Crippen LogP contribution in [0, 0.1) is 13.8 Å². The highest BCUT2D eigenvalue weighted by Crippen LogP contribution is 2.31. The van der Waals surface area contributed by atoms with Crippen LogP contribution in [0.5, 0.6) is 0 Å². The van der Waals surface area contributed by atoms with Crippen LogP contribution in [0.4, 0.5) is 5.82 Å². The Balaban J connectivity index is 1.34. The first kappa shape index (κ1) is 22.8. The number of thiophene rings is 1. The summed E-state index contributed by atoms with van der Waals surface area (Å²) < 4.78 is 1.88. The zero-order valence-corrected chi connectivity index (χ0v) is 21.3. The Hall–Kier alpha value is -4.62. The fourth-order valence-electron chi connectivity index (χ4n) is 4.25. The minimum absolute atomic E-state index is 0.604. The Morgan fingerprint density at radius 2 is 1.62 bits per heavy atom. The Bertz CT molecular complexity index is 1720. The first-order valence-corrected chi connectivity index (χ1v) is 12.9. The number of para-hydroxylation sites is 1. The normalized spacial score (nSPS) is 11.4. The monoisotopic (exact) mass is 500 g/mol. The van der Waals surface area contributed by atoms with Gasteiger partial charge in [-0.1, -0.05) is 60.7 Å². The van der Waals surface area contributed by atoms with E-state index in [1.807, 2.05) is 65.5 Å². The minimum Gasteiger partial charge on any atom is -0.259 e. The summed E-state index contributed by atoms with van der Waals surface area (Å²) in [6.07, 6.45) is 3.78. The van der Waals surface area contributed by atoms with Gasteiger partial charge in [0, 0.05) is 28.1 Å². The van der Waals surface area contributed by atoms with Gasteiger partial charge in [-0.3, -0.25) is 5.43 Å². The van der Waals surface area contributed by atoms with E-state index in [4.69, 9.17) is 5.10 Å². The minimum atomic E-state index is 0.604. The molecule has 0 atom stereocenters. The molecule has 0 amide bonds. The predicted molar refractivity (Wildman–Crippen MR) is 153 cm³/mol. The molecule has 7 heteroatoms. The van der Waals surface area contributed by atoms with Crippen LogP contribution in [0.3, 0.4) is 0 Å². The topological polar surface area (TPSA) is 68.0 Å². The van der Waals surface area contributed by atoms with Crippen molar-refractivity contribution in [3.8, 4) is 27.5 Å². The van der Waals surface area contributed by atoms with Gasteiger partial charge in [-0.2, -0.15) is 10.2 Å². The summed E-state index contributed by atoms with van der Waals surface area (Å²) in [6, 6.07) is 28.7. The van der Waals surface area contributed by atoms with E-state index in [9.17, 15) is 0 Å². The number of nitrogens with zero attached hydrogens (tertiary/aromatic N) is 5. The molecule has 0 spiro atoms. The zero-order chi connectivity index (χ0) is 25.2. The third-order valence-electron chi connectivity index (χ3n) is 6.36. The van der Waals surface area contributed by atoms with Crippen LogP contribution in [-0.4, -0.2) is 26.2 Å². The molecule has 0 aliphatic carbocycles. The largest absolute Gasteiger partial charge is 0.259 e. The smallest absolute Gasteiger partial charge is 0.176 e. The number of aryl methyl sites for hydroxylation is 2. The second-order valence-corrected chi connectivity index (χ2v) is 9.75. The average molecular weight is 501 g/mol. The molecule has 37 heavy (non-hydrogen) atoms. The molecule has 0 saturated heterocycles. The second-order valence-electron chi connectivity index (χ2n) is 8.80. The van der Waals surface area contributed by atoms with Crippen molar-refractivity contribution in [2.24, 2.45) is 5.10 Å². The van der Waals surface area contributed by atoms with Gasteiger partial charge in [-0.25, -0.2) is 4.68 Å². The van der Waals surface area contributed by atoms with E-state index >= 15 is 0 Å². The van der Waals surface area contributed by atoms with Crippen LogP contribution < -0.4 is 5.43 Å². The highest BCUT2D eigenvalue weighted by molar-refractivity contribution is 7.13. The Morgan fingerprint density at radius 3 is 2.41 bits per heavy atom. The lowest BCUT2D eigenvalue weighted by atomic mass is 10.0. The van der Waals surface area contributed by atoms with Gasteiger partial charge in [0.2, 0.25) is 0 Å². The highest BCUT2D eigenvalue weighted by Gasteiger charge is 2.13. The maximum absolute atomic E-state index is 4.84. The first-order valence-electron chi connectivity index (χ1n) is 12.0. The molecule has 3 aromatic carbocycles. The number of benzene rings is 3. The van der Waals surface area contributed by atoms with E-state index in [0.29, 0.717) is 5.82 Å². The average Bonchev–Trinajstić information content (AvgIpc) is 3.61. The summed E-state index contributed by atoms with van der Waals surface area (Å²) in [4.78, 5) is 1.08. The fourth-order valence-corrected chi connectivity index (χ4v) is 4.98. The fraction of sp³-hybridized carbons (Fsp3) is 0.0667. The lowest BCUT2D eigenvalue weighted by Gasteiger charge is -2.10. The van der Waals surface area contributed by atoms with Crippen LogP contribution in [-0.2, 0) is 0 Å². The van der Waals surface area contributed by atoms with Gasteiger partial charge in [-0.15, -0.1) is 21.5 Å². The summed E-state index contributed by atoms with van der Waals surface area (Å²) in [7, 11) is 0. The molecule has 6 rings (SSSR count). The SMILES string of the molecule is Cc1ccc(-c2nnc(N/N=C/c3cn(-c4ccccc4)nc3-c3cccs3)c3ccccc23)cc1C. The van der Waals surface area contributed by atoms with Crippen LogP contribution in [0.15, 0.2) is 102 Å². The molecule has 1 N–H and O–H groups in total. The number of hydrogen-bond acceptors (Lipinski definition) is 6. The summed E-state index contributed by atoms with van der Waals surface area (Å²) >= 11 is 1.65. The lowest BCUT2D eigenvalue weighted by molar-refractivity contribution is 0.885. The molecule has 0 radical (unpaired) electrons. The highest BCUT2D eigenvalue weighted by atomic mass is 32.1. The van der Waals surface area contributed by atoms with Crippen molar-refractivity contribution in [1.82, 2.24) is 20.0 Å². The molecule has 6 nitrogen and oxygen atoms in total. The number of hydrogen-bond donors (Lipinski definition) is 1. The van der Waals surface area contributed by atoms with Crippen molar-refractivity contribution in [3.63, 3.8) is 0 Å². The predicted octanol–water partition coefficient (Wildman–Crippen LogP) is 7.27. The number of fused-ring (bicyclic) bond motifs is 1. The third-order valence-corrected chi connectivity index (χ3v) is 7.24. The Kier molecular flexibility index (Phi) is 6.04. The molecule has 0 bridgehead atoms. The summed E-state index contributed by atoms with van der Waals surface area (Å²) in [5.41, 5.74) is 10.3. The molecule has 0 aliphatic heterocycles. The van der Waals surface area contributed by atoms with Crippen LogP contribution >= 0.6 is 11.3 Å². The van der Waals surface area contributed by atoms with Crippen LogP contribution in [0.25, 0.3) is 38.3 Å². The standard InChI is InChI=1S/C30H24N6S/c1-20-14-15-22(17-21(20)2)28-25-11-6-7-12-26(25)30(34-32-28)33-31-18-23-19-36(24-9-4-3-5-10-24)35-29(23)27-13-8-16-37-27/h3-19H,1-2H3,(H,33,34)/b31-18+. The number of nitrogens with one attached hydrogen (secondary N) is 1. The zero-order valence-electron chi connectivity index (χ0n) is 20.5. The van der Waals surface area contributed by atoms with E-state index in [0.717, 1.165) is 43.9 Å².